The average molecular weight is 302 g/mol. The molecule has 0 atom stereocenters. The summed E-state index contributed by atoms with van der Waals surface area (Å²) in [6.07, 6.45) is 4.33. The van der Waals surface area contributed by atoms with Gasteiger partial charge in [-0.25, -0.2) is 0 Å². The number of rotatable bonds is 3. The topological polar surface area (TPSA) is 87.7 Å². The van der Waals surface area contributed by atoms with Crippen LogP contribution in [0.5, 0.6) is 0 Å². The Labute approximate surface area is 120 Å². The van der Waals surface area contributed by atoms with E-state index in [0.29, 0.717) is 22.7 Å². The van der Waals surface area contributed by atoms with Crippen LogP contribution in [0.1, 0.15) is 41.8 Å². The molecule has 0 radical (unpaired) electrons. The lowest BCUT2D eigenvalue weighted by molar-refractivity contribution is 0.0910. The minimum absolute atomic E-state index is 0.0632. The van der Waals surface area contributed by atoms with E-state index in [1.807, 2.05) is 0 Å². The van der Waals surface area contributed by atoms with Gasteiger partial charge in [0, 0.05) is 0 Å². The highest BCUT2D eigenvalue weighted by molar-refractivity contribution is 7.12. The molecule has 0 saturated heterocycles. The number of hydrogen-bond acceptors (Lipinski definition) is 4. The fourth-order valence-electron chi connectivity index (χ4n) is 2.43. The molecule has 1 aliphatic rings. The number of carbonyl (C=O) groups excluding carboxylic acids is 1. The fraction of sp³-hybridized carbons (Fsp3) is 0.500. The molecule has 0 aromatic carbocycles. The summed E-state index contributed by atoms with van der Waals surface area (Å²) in [6.45, 7) is 0. The molecule has 104 valence electrons. The smallest absolute Gasteiger partial charge is 0.263 e. The summed E-state index contributed by atoms with van der Waals surface area (Å²) in [7, 11) is 0. The molecule has 0 aliphatic heterocycles. The van der Waals surface area contributed by atoms with Crippen molar-refractivity contribution in [1.82, 2.24) is 5.32 Å². The number of oxime groups is 1. The number of nitrogens with two attached hydrogens (primary N) is 1. The Morgan fingerprint density at radius 1 is 1.47 bits per heavy atom. The summed E-state index contributed by atoms with van der Waals surface area (Å²) in [5.41, 5.74) is 5.03. The first-order valence-corrected chi connectivity index (χ1v) is 7.38. The number of thiophene rings is 1. The molecule has 1 aromatic heterocycles. The van der Waals surface area contributed by atoms with E-state index < -0.39 is 5.54 Å². The van der Waals surface area contributed by atoms with Crippen molar-refractivity contribution in [2.45, 2.75) is 37.6 Å². The van der Waals surface area contributed by atoms with Gasteiger partial charge < -0.3 is 16.3 Å². The number of halogens is 1. The molecule has 1 aromatic rings. The third-order valence-electron chi connectivity index (χ3n) is 3.48. The van der Waals surface area contributed by atoms with E-state index in [-0.39, 0.29) is 11.7 Å². The van der Waals surface area contributed by atoms with Gasteiger partial charge in [-0.15, -0.1) is 11.3 Å². The Hall–Kier alpha value is -1.27. The van der Waals surface area contributed by atoms with Gasteiger partial charge >= 0.3 is 0 Å². The quantitative estimate of drug-likeness (QED) is 0.347. The Kier molecular flexibility index (Phi) is 4.31. The van der Waals surface area contributed by atoms with E-state index in [2.05, 4.69) is 10.5 Å². The van der Waals surface area contributed by atoms with Crippen molar-refractivity contribution in [3.8, 4) is 0 Å². The van der Waals surface area contributed by atoms with Crippen molar-refractivity contribution in [3.05, 3.63) is 21.3 Å². The maximum Gasteiger partial charge on any atom is 0.263 e. The highest BCUT2D eigenvalue weighted by atomic mass is 35.5. The molecule has 1 fully saturated rings. The Bertz CT molecular complexity index is 495. The first kappa shape index (κ1) is 14.1. The van der Waals surface area contributed by atoms with E-state index in [4.69, 9.17) is 22.5 Å². The second kappa shape index (κ2) is 5.79. The van der Waals surface area contributed by atoms with Gasteiger partial charge in [-0.1, -0.05) is 36.0 Å². The van der Waals surface area contributed by atoms with Crippen LogP contribution in [0.3, 0.4) is 0 Å². The lowest BCUT2D eigenvalue weighted by atomic mass is 9.80. The SMILES string of the molecule is N/C(=N/O)C1(NC(=O)c2sccc2Cl)CCCCC1. The van der Waals surface area contributed by atoms with E-state index in [1.165, 1.54) is 11.3 Å². The minimum atomic E-state index is -0.753. The van der Waals surface area contributed by atoms with Crippen LogP contribution >= 0.6 is 22.9 Å². The van der Waals surface area contributed by atoms with Gasteiger partial charge in [0.15, 0.2) is 5.84 Å². The lowest BCUT2D eigenvalue weighted by Crippen LogP contribution is -2.58. The van der Waals surface area contributed by atoms with E-state index in [9.17, 15) is 4.79 Å². The van der Waals surface area contributed by atoms with Gasteiger partial charge in [0.1, 0.15) is 10.4 Å². The zero-order valence-corrected chi connectivity index (χ0v) is 11.9. The number of nitrogens with zero attached hydrogens (tertiary/aromatic N) is 1. The number of amides is 1. The first-order chi connectivity index (χ1) is 9.09. The summed E-state index contributed by atoms with van der Waals surface area (Å²) >= 11 is 7.23. The first-order valence-electron chi connectivity index (χ1n) is 6.12. The summed E-state index contributed by atoms with van der Waals surface area (Å²) in [5, 5.41) is 17.1. The van der Waals surface area contributed by atoms with E-state index in [0.717, 1.165) is 19.3 Å². The normalized spacial score (nSPS) is 19.1. The lowest BCUT2D eigenvalue weighted by Gasteiger charge is -2.36. The van der Waals surface area contributed by atoms with Gasteiger partial charge in [-0.3, -0.25) is 4.79 Å². The van der Waals surface area contributed by atoms with Crippen LogP contribution in [0.4, 0.5) is 0 Å². The summed E-state index contributed by atoms with van der Waals surface area (Å²) < 4.78 is 0. The highest BCUT2D eigenvalue weighted by Crippen LogP contribution is 2.30. The number of hydrogen-bond donors (Lipinski definition) is 3. The van der Waals surface area contributed by atoms with Crippen LogP contribution in [0.2, 0.25) is 5.02 Å². The molecule has 0 bridgehead atoms. The molecule has 0 unspecified atom stereocenters. The van der Waals surface area contributed by atoms with Crippen molar-refractivity contribution in [3.63, 3.8) is 0 Å². The van der Waals surface area contributed by atoms with Crippen molar-refractivity contribution < 1.29 is 10.0 Å². The molecule has 19 heavy (non-hydrogen) atoms. The van der Waals surface area contributed by atoms with Crippen LogP contribution in [-0.4, -0.2) is 22.5 Å². The molecule has 1 aliphatic carbocycles. The average Bonchev–Trinajstić information content (AvgIpc) is 2.85. The van der Waals surface area contributed by atoms with Gasteiger partial charge in [-0.05, 0) is 24.3 Å². The molecule has 4 N–H and O–H groups in total. The molecule has 2 rings (SSSR count). The molecule has 1 heterocycles. The number of nitrogens with one attached hydrogen (secondary N) is 1. The fourth-order valence-corrected chi connectivity index (χ4v) is 3.46. The Morgan fingerprint density at radius 2 is 2.16 bits per heavy atom. The van der Waals surface area contributed by atoms with Crippen LogP contribution < -0.4 is 11.1 Å². The predicted molar refractivity (Wildman–Crippen MR) is 76.0 cm³/mol. The van der Waals surface area contributed by atoms with Crippen LogP contribution in [0.15, 0.2) is 16.6 Å². The largest absolute Gasteiger partial charge is 0.409 e. The van der Waals surface area contributed by atoms with Gasteiger partial charge in [-0.2, -0.15) is 0 Å². The molecular weight excluding hydrogens is 286 g/mol. The van der Waals surface area contributed by atoms with Crippen LogP contribution in [0, 0.1) is 0 Å². The van der Waals surface area contributed by atoms with Crippen molar-refractivity contribution in [2.75, 3.05) is 0 Å². The maximum atomic E-state index is 12.2. The summed E-state index contributed by atoms with van der Waals surface area (Å²) in [5.74, 6) is -0.207. The predicted octanol–water partition coefficient (Wildman–Crippen LogP) is 2.58. The monoisotopic (exact) mass is 301 g/mol. The summed E-state index contributed by atoms with van der Waals surface area (Å²) in [6, 6.07) is 1.68. The molecule has 1 saturated carbocycles. The van der Waals surface area contributed by atoms with E-state index >= 15 is 0 Å². The zero-order valence-electron chi connectivity index (χ0n) is 10.4. The molecule has 5 nitrogen and oxygen atoms in total. The Balaban J connectivity index is 2.21. The van der Waals surface area contributed by atoms with Crippen LogP contribution in [0.25, 0.3) is 0 Å². The third-order valence-corrected chi connectivity index (χ3v) is 4.82. The van der Waals surface area contributed by atoms with Gasteiger partial charge in [0.2, 0.25) is 0 Å². The minimum Gasteiger partial charge on any atom is -0.409 e. The van der Waals surface area contributed by atoms with Crippen molar-refractivity contribution in [1.29, 1.82) is 0 Å². The second-order valence-corrected chi connectivity index (χ2v) is 6.00. The van der Waals surface area contributed by atoms with Crippen molar-refractivity contribution in [2.24, 2.45) is 10.9 Å². The van der Waals surface area contributed by atoms with Crippen LogP contribution in [-0.2, 0) is 0 Å². The maximum absolute atomic E-state index is 12.2. The number of amidine groups is 1. The van der Waals surface area contributed by atoms with Crippen molar-refractivity contribution >= 4 is 34.7 Å². The third kappa shape index (κ3) is 2.84. The highest BCUT2D eigenvalue weighted by Gasteiger charge is 2.38. The molecule has 7 heteroatoms. The molecule has 0 spiro atoms. The molecular formula is C12H16ClN3O2S. The molecule has 1 amide bonds. The second-order valence-electron chi connectivity index (χ2n) is 4.68. The summed E-state index contributed by atoms with van der Waals surface area (Å²) in [4.78, 5) is 12.7. The zero-order chi connectivity index (χ0) is 13.9. The van der Waals surface area contributed by atoms with Gasteiger partial charge in [0.05, 0.1) is 5.02 Å². The number of carbonyl (C=O) groups is 1. The van der Waals surface area contributed by atoms with Gasteiger partial charge in [0.25, 0.3) is 5.91 Å². The Morgan fingerprint density at radius 3 is 2.68 bits per heavy atom. The standard InChI is InChI=1S/C12H16ClN3O2S/c13-8-4-7-19-9(8)10(17)15-12(11(14)16-18)5-2-1-3-6-12/h4,7,18H,1-3,5-6H2,(H2,14,16)(H,15,17). The van der Waals surface area contributed by atoms with E-state index in [1.54, 1.807) is 11.4 Å².